The molecule has 54 heavy (non-hydrogen) atoms. The third-order valence-corrected chi connectivity index (χ3v) is 8.15. The first-order valence-corrected chi connectivity index (χ1v) is 16.9. The second-order valence-corrected chi connectivity index (χ2v) is 13.3. The van der Waals surface area contributed by atoms with E-state index >= 15 is 0 Å². The molecule has 0 atom stereocenters. The zero-order valence-electron chi connectivity index (χ0n) is 44.7. The molecule has 4 nitrogen and oxygen atoms in total. The number of aryl methyl sites for hydroxylation is 5. The molecule has 1 radical (unpaired) electrons. The number of aromatic nitrogens is 3. The zero-order chi connectivity index (χ0) is 49.8. The van der Waals surface area contributed by atoms with Gasteiger partial charge in [-0.15, -0.1) is 53.6 Å². The Balaban J connectivity index is 0.000000230. The van der Waals surface area contributed by atoms with Gasteiger partial charge in [-0.1, -0.05) is 111 Å². The summed E-state index contributed by atoms with van der Waals surface area (Å²) in [5, 5.41) is 1.38. The Labute approximate surface area is 354 Å². The summed E-state index contributed by atoms with van der Waals surface area (Å²) < 4.78 is 127. The van der Waals surface area contributed by atoms with Gasteiger partial charge in [-0.2, -0.15) is 0 Å². The summed E-state index contributed by atoms with van der Waals surface area (Å²) in [5.74, 6) is 0. The average Bonchev–Trinajstić information content (AvgIpc) is 3.66. The van der Waals surface area contributed by atoms with E-state index in [0.29, 0.717) is 39.0 Å². The molecule has 273 valence electrons. The van der Waals surface area contributed by atoms with Gasteiger partial charge in [0.15, 0.2) is 0 Å². The Hall–Kier alpha value is -5.22. The molecule has 5 heteroatoms. The van der Waals surface area contributed by atoms with Crippen LogP contribution >= 0.6 is 0 Å². The van der Waals surface area contributed by atoms with E-state index in [1.54, 1.807) is 85.1 Å². The van der Waals surface area contributed by atoms with E-state index in [1.807, 2.05) is 26.8 Å². The predicted molar refractivity (Wildman–Crippen MR) is 219 cm³/mol. The number of pyridine rings is 3. The van der Waals surface area contributed by atoms with Crippen LogP contribution in [0.15, 0.2) is 132 Å². The number of benzene rings is 4. The molecular formula is C49H45IrN3O-2. The van der Waals surface area contributed by atoms with Gasteiger partial charge in [0.05, 0.1) is 5.58 Å². The first-order valence-electron chi connectivity index (χ1n) is 24.4. The molecule has 4 heterocycles. The van der Waals surface area contributed by atoms with Gasteiger partial charge in [-0.05, 0) is 95.6 Å². The van der Waals surface area contributed by atoms with Crippen molar-refractivity contribution in [3.05, 3.63) is 173 Å². The standard InChI is InChI=1S/C29H27N2O.C20H18N.Ir/c1-29(2,3)19-21-16-17-30-26(18-21)25-11-7-10-23-24-15-14-22(31-28(24)32-27(23)25)13-12-20-8-5-4-6-9-20;1-14-8-10-17(11-9-14)20-12-19(16(3)13-21-20)18-7-5-4-6-15(18)2;/h4-10,14-18H,12-13,19H2,1-3H3;4-10,12-13H,1-3H3;/q2*-1;/i12D2,13D2,19D2;1D3,2D3,3D3;. The third kappa shape index (κ3) is 9.10. The van der Waals surface area contributed by atoms with E-state index < -0.39 is 45.1 Å². The van der Waals surface area contributed by atoms with Crippen LogP contribution in [-0.4, -0.2) is 15.0 Å². The Morgan fingerprint density at radius 1 is 0.722 bits per heavy atom. The third-order valence-electron chi connectivity index (χ3n) is 8.15. The quantitative estimate of drug-likeness (QED) is 0.150. The van der Waals surface area contributed by atoms with Crippen LogP contribution in [0.4, 0.5) is 0 Å². The molecule has 0 unspecified atom stereocenters. The number of rotatable bonds is 7. The van der Waals surface area contributed by atoms with Crippen molar-refractivity contribution >= 4 is 22.1 Å². The molecule has 4 aromatic carbocycles. The first-order chi connectivity index (χ1) is 31.5. The summed E-state index contributed by atoms with van der Waals surface area (Å²) in [6.45, 7) is -1.65. The fourth-order valence-electron chi connectivity index (χ4n) is 5.75. The van der Waals surface area contributed by atoms with Crippen LogP contribution in [0, 0.1) is 38.1 Å². The summed E-state index contributed by atoms with van der Waals surface area (Å²) in [6.07, 6.45) is -3.60. The zero-order valence-corrected chi connectivity index (χ0v) is 32.1. The maximum Gasteiger partial charge on any atom is 0.216 e. The largest absolute Gasteiger partial charge is 0.486 e. The van der Waals surface area contributed by atoms with Crippen molar-refractivity contribution < 1.29 is 45.1 Å². The molecule has 0 aliphatic heterocycles. The number of fused-ring (bicyclic) bond motifs is 3. The van der Waals surface area contributed by atoms with Gasteiger partial charge in [0.2, 0.25) is 5.71 Å². The molecule has 8 aromatic rings. The van der Waals surface area contributed by atoms with Crippen LogP contribution in [0.3, 0.4) is 0 Å². The van der Waals surface area contributed by atoms with E-state index in [9.17, 15) is 0 Å². The predicted octanol–water partition coefficient (Wildman–Crippen LogP) is 12.4. The summed E-state index contributed by atoms with van der Waals surface area (Å²) in [4.78, 5) is 13.1. The van der Waals surface area contributed by atoms with Crippen molar-refractivity contribution in [2.24, 2.45) is 5.41 Å². The topological polar surface area (TPSA) is 51.8 Å². The van der Waals surface area contributed by atoms with Crippen molar-refractivity contribution in [1.29, 1.82) is 0 Å². The number of hydrogen-bond donors (Lipinski definition) is 0. The van der Waals surface area contributed by atoms with Crippen LogP contribution < -0.4 is 0 Å². The molecule has 8 rings (SSSR count). The van der Waals surface area contributed by atoms with Crippen LogP contribution in [0.2, 0.25) is 0 Å². The van der Waals surface area contributed by atoms with Crippen molar-refractivity contribution in [3.63, 3.8) is 0 Å². The van der Waals surface area contributed by atoms with Gasteiger partial charge in [0.25, 0.3) is 0 Å². The Bertz CT molecular complexity index is 3100. The van der Waals surface area contributed by atoms with Gasteiger partial charge in [0, 0.05) is 64.1 Å². The van der Waals surface area contributed by atoms with Crippen LogP contribution in [-0.2, 0) is 39.2 Å². The molecule has 0 bridgehead atoms. The molecular weight excluding hydrogens is 839 g/mol. The maximum atomic E-state index is 8.66. The van der Waals surface area contributed by atoms with Crippen molar-refractivity contribution in [3.8, 4) is 33.6 Å². The van der Waals surface area contributed by atoms with Crippen LogP contribution in [0.1, 0.15) is 74.8 Å². The smallest absolute Gasteiger partial charge is 0.216 e. The average molecular weight is 899 g/mol. The molecule has 0 N–H and O–H groups in total. The molecule has 0 amide bonds. The van der Waals surface area contributed by atoms with Gasteiger partial charge >= 0.3 is 0 Å². The normalized spacial score (nSPS) is 16.8. The molecule has 0 aliphatic carbocycles. The summed E-state index contributed by atoms with van der Waals surface area (Å²) >= 11 is 0. The molecule has 0 saturated carbocycles. The van der Waals surface area contributed by atoms with E-state index in [1.165, 1.54) is 36.5 Å². The van der Waals surface area contributed by atoms with Gasteiger partial charge < -0.3 is 14.4 Å². The van der Waals surface area contributed by atoms with E-state index in [-0.39, 0.29) is 64.9 Å². The minimum atomic E-state index is -2.50. The van der Waals surface area contributed by atoms with Gasteiger partial charge in [-0.3, -0.25) is 0 Å². The fourth-order valence-corrected chi connectivity index (χ4v) is 5.75. The first kappa shape index (κ1) is 23.5. The molecule has 0 aliphatic rings. The van der Waals surface area contributed by atoms with Crippen molar-refractivity contribution in [2.75, 3.05) is 0 Å². The second-order valence-electron chi connectivity index (χ2n) is 13.3. The number of nitrogens with zero attached hydrogens (tertiary/aromatic N) is 3. The minimum absolute atomic E-state index is 0. The monoisotopic (exact) mass is 899 g/mol. The maximum absolute atomic E-state index is 8.66. The summed E-state index contributed by atoms with van der Waals surface area (Å²) in [5.41, 5.74) is 3.08. The van der Waals surface area contributed by atoms with Crippen molar-refractivity contribution in [2.45, 2.75) is 60.4 Å². The van der Waals surface area contributed by atoms with Crippen molar-refractivity contribution in [1.82, 2.24) is 15.0 Å². The Kier molecular flexibility index (Phi) is 7.34. The summed E-state index contributed by atoms with van der Waals surface area (Å²) in [7, 11) is 0. The van der Waals surface area contributed by atoms with Gasteiger partial charge in [0.1, 0.15) is 0 Å². The second kappa shape index (κ2) is 16.8. The van der Waals surface area contributed by atoms with Crippen LogP contribution in [0.5, 0.6) is 0 Å². The Morgan fingerprint density at radius 2 is 1.56 bits per heavy atom. The molecule has 0 saturated heterocycles. The van der Waals surface area contributed by atoms with E-state index in [4.69, 9.17) is 25.0 Å². The van der Waals surface area contributed by atoms with E-state index in [0.717, 1.165) is 5.39 Å². The molecule has 0 fully saturated rings. The molecule has 0 spiro atoms. The fraction of sp³-hybridized carbons (Fsp3) is 0.204. The SMILES string of the molecule is [2H]C([2H])([2H])c1c[c-]c(-c2cc(-c3ccccc3C([2H])([2H])[2H])c(C([2H])([2H])[2H])cn2)cc1.[2H]C([2H])(c1ccnc(-c2[c-]ccc3c2oc2nc(C([2H])([2H])C([2H])([2H])c4ccccc4)ccc23)c1)C(C)(C)C.[Ir]. The Morgan fingerprint density at radius 3 is 2.33 bits per heavy atom. The molecule has 4 aromatic heterocycles. The summed E-state index contributed by atoms with van der Waals surface area (Å²) in [6, 6.07) is 36.4. The van der Waals surface area contributed by atoms with E-state index in [2.05, 4.69) is 27.1 Å². The number of furan rings is 1. The van der Waals surface area contributed by atoms with Crippen LogP contribution in [0.25, 0.3) is 55.7 Å². The van der Waals surface area contributed by atoms with Gasteiger partial charge in [-0.25, -0.2) is 4.98 Å². The number of hydrogen-bond acceptors (Lipinski definition) is 4. The minimum Gasteiger partial charge on any atom is -0.486 e.